The van der Waals surface area contributed by atoms with E-state index in [2.05, 4.69) is 16.6 Å². The average Bonchev–Trinajstić information content (AvgIpc) is 2.84. The van der Waals surface area contributed by atoms with E-state index in [0.29, 0.717) is 11.3 Å². The molecule has 12 heteroatoms. The highest BCUT2D eigenvalue weighted by atomic mass is 16.5. The van der Waals surface area contributed by atoms with Crippen molar-refractivity contribution in [2.24, 2.45) is 16.6 Å². The highest BCUT2D eigenvalue weighted by Gasteiger charge is 2.72. The summed E-state index contributed by atoms with van der Waals surface area (Å²) >= 11 is 0. The van der Waals surface area contributed by atoms with Crippen molar-refractivity contribution in [1.82, 2.24) is 4.90 Å². The Morgan fingerprint density at radius 1 is 1.12 bits per heavy atom. The number of anilines is 1. The summed E-state index contributed by atoms with van der Waals surface area (Å²) in [6.07, 6.45) is -0.0182. The van der Waals surface area contributed by atoms with Gasteiger partial charge in [-0.05, 0) is 38.6 Å². The van der Waals surface area contributed by atoms with E-state index in [1.807, 2.05) is 0 Å². The van der Waals surface area contributed by atoms with Gasteiger partial charge in [0.25, 0.3) is 5.91 Å². The molecule has 0 aliphatic heterocycles. The van der Waals surface area contributed by atoms with Gasteiger partial charge in [-0.1, -0.05) is 19.8 Å². The normalized spacial score (nSPS) is 28.9. The lowest BCUT2D eigenvalue weighted by Gasteiger charge is -2.59. The van der Waals surface area contributed by atoms with E-state index >= 15 is 0 Å². The van der Waals surface area contributed by atoms with E-state index in [1.54, 1.807) is 40.0 Å². The number of carbonyl (C=O) groups is 4. The Hall–Kier alpha value is -4.34. The van der Waals surface area contributed by atoms with Crippen LogP contribution in [0.5, 0.6) is 5.75 Å². The number of hydrogen-bond donors (Lipinski definition) is 5. The number of phenols is 1. The first-order chi connectivity index (χ1) is 18.9. The van der Waals surface area contributed by atoms with E-state index in [1.165, 1.54) is 17.9 Å². The van der Waals surface area contributed by atoms with E-state index < -0.39 is 68.8 Å². The predicted octanol–water partition coefficient (Wildman–Crippen LogP) is 0.335. The van der Waals surface area contributed by atoms with Crippen LogP contribution in [0.3, 0.4) is 0 Å². The molecular weight excluding hydrogens is 534 g/mol. The molecule has 3 aliphatic carbocycles. The molecule has 1 amide bonds. The molecule has 0 radical (unpaired) electrons. The number of methoxy groups -OCH3 is 1. The van der Waals surface area contributed by atoms with Gasteiger partial charge in [-0.3, -0.25) is 19.3 Å². The lowest BCUT2D eigenvalue weighted by molar-refractivity contribution is -0.176. The van der Waals surface area contributed by atoms with Gasteiger partial charge in [0.05, 0.1) is 24.3 Å². The van der Waals surface area contributed by atoms with Crippen molar-refractivity contribution in [3.05, 3.63) is 39.7 Å². The molecule has 4 atom stereocenters. The number of phenolic OH excluding ortho intramolecular Hbond substituents is 1. The molecule has 0 saturated heterocycles. The topological polar surface area (TPSA) is 191 Å². The van der Waals surface area contributed by atoms with Crippen LogP contribution in [0.1, 0.15) is 37.0 Å². The first-order valence-corrected chi connectivity index (χ1v) is 12.7. The number of likely N-dealkylation sites (N-methyl/N-ethyl adjacent to an activating group) is 1. The minimum atomic E-state index is -2.82. The fourth-order valence-electron chi connectivity index (χ4n) is 7.03. The minimum absolute atomic E-state index is 0.0323. The predicted molar refractivity (Wildman–Crippen MR) is 147 cm³/mol. The number of hydrogen-bond acceptors (Lipinski definition) is 11. The van der Waals surface area contributed by atoms with Gasteiger partial charge in [0.1, 0.15) is 22.8 Å². The van der Waals surface area contributed by atoms with E-state index in [9.17, 15) is 39.6 Å². The van der Waals surface area contributed by atoms with Crippen LogP contribution >= 0.6 is 0 Å². The molecule has 0 bridgehead atoms. The Balaban J connectivity index is 2.10. The van der Waals surface area contributed by atoms with Gasteiger partial charge in [-0.25, -0.2) is 4.79 Å². The molecule has 1 aromatic carbocycles. The Bertz CT molecular complexity index is 1560. The summed E-state index contributed by atoms with van der Waals surface area (Å²) in [5.41, 5.74) is -0.655. The van der Waals surface area contributed by atoms with E-state index in [4.69, 9.17) is 5.73 Å². The molecular formula is C29H33N3O9. The molecule has 0 spiro atoms. The molecule has 3 aliphatic rings. The summed E-state index contributed by atoms with van der Waals surface area (Å²) in [6.45, 7) is 3.17. The van der Waals surface area contributed by atoms with Gasteiger partial charge in [0, 0.05) is 42.1 Å². The molecule has 0 heterocycles. The number of aliphatic hydroxyl groups excluding tert-OH is 2. The number of fused-ring (bicyclic) bond motifs is 3. The van der Waals surface area contributed by atoms with Crippen molar-refractivity contribution in [2.75, 3.05) is 40.2 Å². The molecule has 0 unspecified atom stereocenters. The molecule has 1 aromatic rings. The first kappa shape index (κ1) is 29.6. The minimum Gasteiger partial charge on any atom is -0.508 e. The highest BCUT2D eigenvalue weighted by Crippen LogP contribution is 2.63. The Kier molecular flexibility index (Phi) is 6.76. The first-order valence-electron chi connectivity index (χ1n) is 12.7. The standard InChI is InChI=1S/C29H33N3O9/c1-27-11-14-15(31(3)4)10-13(8-9-16(33)41-7)20(34)17(14)21(35)19(27)25(38)29(40)24(37)18(26(30)39)22(36)23(32(5)6)28(29,2)12-27/h10,23,34-35,37,40H,11-12H2,1-7H3,(H2,30,39)/t23-,27+,28+,29-/m1/s1. The van der Waals surface area contributed by atoms with Crippen LogP contribution < -0.4 is 10.6 Å². The van der Waals surface area contributed by atoms with E-state index in [-0.39, 0.29) is 29.5 Å². The number of ketones is 2. The van der Waals surface area contributed by atoms with Gasteiger partial charge < -0.3 is 35.8 Å². The number of nitrogens with zero attached hydrogens (tertiary/aromatic N) is 2. The molecule has 41 heavy (non-hydrogen) atoms. The van der Waals surface area contributed by atoms with Crippen molar-refractivity contribution in [3.63, 3.8) is 0 Å². The second-order valence-corrected chi connectivity index (χ2v) is 11.7. The number of nitrogens with two attached hydrogens (primary N) is 1. The van der Waals surface area contributed by atoms with Crippen LogP contribution in [0.15, 0.2) is 23.0 Å². The van der Waals surface area contributed by atoms with Crippen molar-refractivity contribution in [2.45, 2.75) is 38.3 Å². The number of primary amides is 1. The van der Waals surface area contributed by atoms with Crippen molar-refractivity contribution >= 4 is 34.9 Å². The van der Waals surface area contributed by atoms with Gasteiger partial charge in [0.2, 0.25) is 5.78 Å². The zero-order valence-electron chi connectivity index (χ0n) is 23.9. The molecule has 1 fully saturated rings. The van der Waals surface area contributed by atoms with Crippen LogP contribution in [0.4, 0.5) is 5.69 Å². The summed E-state index contributed by atoms with van der Waals surface area (Å²) in [7, 11) is 7.68. The SMILES string of the molecule is COC(=O)C#Cc1cc(N(C)C)c2c(c1O)C(O)=C1C(=O)[C@]3(O)C(O)=C(C(N)=O)C(=O)[C@@H](N(C)C)[C@]3(C)C[C@]1(C)C2. The van der Waals surface area contributed by atoms with Gasteiger partial charge in [0.15, 0.2) is 11.4 Å². The average molecular weight is 568 g/mol. The van der Waals surface area contributed by atoms with Crippen LogP contribution in [0.2, 0.25) is 0 Å². The van der Waals surface area contributed by atoms with Crippen LogP contribution in [0, 0.1) is 22.7 Å². The number of rotatable bonds is 3. The molecule has 218 valence electrons. The fourth-order valence-corrected chi connectivity index (χ4v) is 7.03. The van der Waals surface area contributed by atoms with E-state index in [0.717, 1.165) is 7.11 Å². The summed E-state index contributed by atoms with van der Waals surface area (Å²) in [5.74, 6) is -1.75. The van der Waals surface area contributed by atoms with Crippen molar-refractivity contribution < 1.29 is 44.3 Å². The Morgan fingerprint density at radius 3 is 2.24 bits per heavy atom. The zero-order chi connectivity index (χ0) is 31.0. The third kappa shape index (κ3) is 3.83. The highest BCUT2D eigenvalue weighted by molar-refractivity contribution is 6.25. The molecule has 6 N–H and O–H groups in total. The van der Waals surface area contributed by atoms with Crippen LogP contribution in [0.25, 0.3) is 5.76 Å². The van der Waals surface area contributed by atoms with Gasteiger partial charge in [-0.15, -0.1) is 0 Å². The number of aromatic hydroxyl groups is 1. The molecule has 1 saturated carbocycles. The number of ether oxygens (including phenoxy) is 1. The van der Waals surface area contributed by atoms with Crippen LogP contribution in [-0.4, -0.2) is 95.7 Å². The number of Topliss-reactive ketones (excluding diaryl/α,β-unsaturated/α-hetero) is 2. The molecule has 0 aromatic heterocycles. The summed E-state index contributed by atoms with van der Waals surface area (Å²) in [4.78, 5) is 54.9. The Morgan fingerprint density at radius 2 is 1.73 bits per heavy atom. The molecule has 12 nitrogen and oxygen atoms in total. The number of esters is 1. The summed E-state index contributed by atoms with van der Waals surface area (Å²) in [6, 6.07) is 0.295. The maximum Gasteiger partial charge on any atom is 0.384 e. The maximum atomic E-state index is 14.3. The van der Waals surface area contributed by atoms with Crippen LogP contribution in [-0.2, 0) is 30.3 Å². The second kappa shape index (κ2) is 9.36. The quantitative estimate of drug-likeness (QED) is 0.192. The summed E-state index contributed by atoms with van der Waals surface area (Å²) in [5, 5.41) is 46.1. The number of benzene rings is 1. The third-order valence-electron chi connectivity index (χ3n) is 8.57. The lowest BCUT2D eigenvalue weighted by Crippen LogP contribution is -2.72. The number of carbonyl (C=O) groups excluding carboxylic acids is 4. The largest absolute Gasteiger partial charge is 0.508 e. The monoisotopic (exact) mass is 567 g/mol. The summed E-state index contributed by atoms with van der Waals surface area (Å²) < 4.78 is 4.54. The second-order valence-electron chi connectivity index (χ2n) is 11.7. The zero-order valence-corrected chi connectivity index (χ0v) is 23.9. The Labute approximate surface area is 236 Å². The third-order valence-corrected chi connectivity index (χ3v) is 8.57. The van der Waals surface area contributed by atoms with Gasteiger partial charge >= 0.3 is 5.97 Å². The molecule has 4 rings (SSSR count). The number of amides is 1. The number of aliphatic hydroxyl groups is 3. The lowest BCUT2D eigenvalue weighted by atomic mass is 9.46. The smallest absolute Gasteiger partial charge is 0.384 e. The maximum absolute atomic E-state index is 14.3. The van der Waals surface area contributed by atoms with Gasteiger partial charge in [-0.2, -0.15) is 0 Å². The van der Waals surface area contributed by atoms with Crippen molar-refractivity contribution in [1.29, 1.82) is 0 Å². The van der Waals surface area contributed by atoms with Crippen molar-refractivity contribution in [3.8, 4) is 17.6 Å². The fraction of sp³-hybridized carbons (Fsp3) is 0.448.